The summed E-state index contributed by atoms with van der Waals surface area (Å²) in [5, 5.41) is 11.8. The average molecular weight is 602 g/mol. The van der Waals surface area contributed by atoms with Gasteiger partial charge in [0.05, 0.1) is 6.61 Å². The van der Waals surface area contributed by atoms with Crippen molar-refractivity contribution in [1.82, 2.24) is 5.32 Å². The maximum atomic E-state index is 13.6. The number of ether oxygens (including phenoxy) is 2. The summed E-state index contributed by atoms with van der Waals surface area (Å²) in [4.78, 5) is 18.5. The molecule has 6 nitrogen and oxygen atoms in total. The number of rotatable bonds is 9. The summed E-state index contributed by atoms with van der Waals surface area (Å²) in [6.45, 7) is 0.515. The Bertz CT molecular complexity index is 1220. The Morgan fingerprint density at radius 1 is 1.06 bits per heavy atom. The molecule has 1 aliphatic heterocycles. The second kappa shape index (κ2) is 11.4. The van der Waals surface area contributed by atoms with E-state index in [1.165, 1.54) is 0 Å². The summed E-state index contributed by atoms with van der Waals surface area (Å²) < 4.78 is 13.9. The molecule has 2 atom stereocenters. The van der Waals surface area contributed by atoms with E-state index in [-0.39, 0.29) is 12.5 Å². The number of hydrogen-bond acceptors (Lipinski definition) is 5. The molecule has 0 radical (unpaired) electrons. The van der Waals surface area contributed by atoms with Crippen LogP contribution in [0, 0.1) is 0 Å². The second-order valence-corrected chi connectivity index (χ2v) is 9.87. The van der Waals surface area contributed by atoms with Crippen LogP contribution in [0.3, 0.4) is 0 Å². The Morgan fingerprint density at radius 2 is 1.74 bits per heavy atom. The number of nitrogens with zero attached hydrogens (tertiary/aromatic N) is 1. The van der Waals surface area contributed by atoms with Crippen molar-refractivity contribution in [3.8, 4) is 5.75 Å². The van der Waals surface area contributed by atoms with E-state index in [0.717, 1.165) is 25.6 Å². The molecule has 0 aromatic heterocycles. The van der Waals surface area contributed by atoms with Gasteiger partial charge < -0.3 is 19.9 Å². The minimum Gasteiger partial charge on any atom is -0.494 e. The van der Waals surface area contributed by atoms with Crippen molar-refractivity contribution in [2.24, 2.45) is 4.99 Å². The first kappa shape index (κ1) is 25.4. The minimum atomic E-state index is -1.23. The first-order valence-electron chi connectivity index (χ1n) is 11.3. The lowest BCUT2D eigenvalue weighted by Gasteiger charge is -2.31. The van der Waals surface area contributed by atoms with E-state index in [0.29, 0.717) is 31.1 Å². The molecular formula is C27H26Br2N2O4. The number of aliphatic imine (C=N–C) groups is 1. The Hall–Kier alpha value is -2.68. The molecule has 3 aromatic rings. The van der Waals surface area contributed by atoms with E-state index in [2.05, 4.69) is 37.2 Å². The number of halogens is 2. The normalized spacial score (nSPS) is 19.1. The fourth-order valence-electron chi connectivity index (χ4n) is 4.10. The van der Waals surface area contributed by atoms with Gasteiger partial charge in [-0.3, -0.25) is 4.79 Å². The van der Waals surface area contributed by atoms with Gasteiger partial charge in [-0.2, -0.15) is 0 Å². The van der Waals surface area contributed by atoms with Crippen molar-refractivity contribution < 1.29 is 19.4 Å². The molecule has 3 aromatic carbocycles. The van der Waals surface area contributed by atoms with E-state index >= 15 is 0 Å². The molecule has 0 fully saturated rings. The van der Waals surface area contributed by atoms with Gasteiger partial charge >= 0.3 is 0 Å². The standard InChI is InChI=1S/C27H26Br2N2O4/c1-30-26(33)27(17-19-7-2-4-9-22(19)28)24(21-8-3-5-10-23(21)29)35-25(31-27)18-11-13-20(14-12-18)34-16-6-15-32/h2-5,7-14,24,32H,6,15-17H2,1H3,(H,30,33)/t24-,27-/m1/s1. The number of carbonyl (C=O) groups excluding carboxylic acids is 1. The van der Waals surface area contributed by atoms with Gasteiger partial charge in [0.2, 0.25) is 5.90 Å². The molecule has 1 amide bonds. The van der Waals surface area contributed by atoms with Gasteiger partial charge in [0.15, 0.2) is 11.6 Å². The fourth-order valence-corrected chi connectivity index (χ4v) is 5.01. The zero-order chi connectivity index (χ0) is 24.8. The molecule has 1 aliphatic rings. The monoisotopic (exact) mass is 600 g/mol. The fraction of sp³-hybridized carbons (Fsp3) is 0.259. The molecule has 0 spiro atoms. The smallest absolute Gasteiger partial charge is 0.252 e. The van der Waals surface area contributed by atoms with Crippen LogP contribution >= 0.6 is 31.9 Å². The highest BCUT2D eigenvalue weighted by Gasteiger charge is 2.53. The highest BCUT2D eigenvalue weighted by molar-refractivity contribution is 9.10. The molecule has 0 saturated carbocycles. The third kappa shape index (κ3) is 5.44. The number of hydrogen-bond donors (Lipinski definition) is 2. The van der Waals surface area contributed by atoms with E-state index in [4.69, 9.17) is 19.6 Å². The van der Waals surface area contributed by atoms with Crippen molar-refractivity contribution in [3.05, 3.63) is 98.4 Å². The Kier molecular flexibility index (Phi) is 8.26. The topological polar surface area (TPSA) is 80.2 Å². The number of likely N-dealkylation sites (N-methyl/N-ethyl adjacent to an activating group) is 1. The zero-order valence-corrected chi connectivity index (χ0v) is 22.4. The lowest BCUT2D eigenvalue weighted by molar-refractivity contribution is -0.128. The molecule has 0 unspecified atom stereocenters. The zero-order valence-electron chi connectivity index (χ0n) is 19.2. The van der Waals surface area contributed by atoms with Crippen LogP contribution < -0.4 is 10.1 Å². The van der Waals surface area contributed by atoms with Gasteiger partial charge in [0.25, 0.3) is 5.91 Å². The molecule has 0 bridgehead atoms. The number of amides is 1. The van der Waals surface area contributed by atoms with Gasteiger partial charge in [0.1, 0.15) is 5.75 Å². The molecule has 2 N–H and O–H groups in total. The predicted molar refractivity (Wildman–Crippen MR) is 143 cm³/mol. The summed E-state index contributed by atoms with van der Waals surface area (Å²) >= 11 is 7.26. The predicted octanol–water partition coefficient (Wildman–Crippen LogP) is 5.22. The van der Waals surface area contributed by atoms with Crippen LogP contribution in [0.15, 0.2) is 86.7 Å². The lowest BCUT2D eigenvalue weighted by Crippen LogP contribution is -2.49. The molecule has 0 saturated heterocycles. The summed E-state index contributed by atoms with van der Waals surface area (Å²) in [5.41, 5.74) is 1.31. The third-order valence-electron chi connectivity index (χ3n) is 5.86. The first-order valence-corrected chi connectivity index (χ1v) is 12.9. The average Bonchev–Trinajstić information content (AvgIpc) is 3.26. The number of benzene rings is 3. The van der Waals surface area contributed by atoms with Crippen LogP contribution in [0.5, 0.6) is 5.75 Å². The van der Waals surface area contributed by atoms with Crippen molar-refractivity contribution in [2.75, 3.05) is 20.3 Å². The van der Waals surface area contributed by atoms with Crippen LogP contribution in [0.2, 0.25) is 0 Å². The highest BCUT2D eigenvalue weighted by atomic mass is 79.9. The van der Waals surface area contributed by atoms with Gasteiger partial charge in [-0.15, -0.1) is 0 Å². The van der Waals surface area contributed by atoms with Gasteiger partial charge in [-0.25, -0.2) is 4.99 Å². The summed E-state index contributed by atoms with van der Waals surface area (Å²) in [7, 11) is 1.62. The summed E-state index contributed by atoms with van der Waals surface area (Å²) in [5.74, 6) is 0.852. The van der Waals surface area contributed by atoms with Crippen molar-refractivity contribution in [3.63, 3.8) is 0 Å². The van der Waals surface area contributed by atoms with E-state index < -0.39 is 11.6 Å². The van der Waals surface area contributed by atoms with Crippen molar-refractivity contribution >= 4 is 43.7 Å². The number of nitrogens with one attached hydrogen (secondary N) is 1. The molecule has 8 heteroatoms. The van der Waals surface area contributed by atoms with Crippen LogP contribution in [0.4, 0.5) is 0 Å². The largest absolute Gasteiger partial charge is 0.494 e. The van der Waals surface area contributed by atoms with Crippen molar-refractivity contribution in [2.45, 2.75) is 24.5 Å². The maximum absolute atomic E-state index is 13.6. The highest BCUT2D eigenvalue weighted by Crippen LogP contribution is 2.45. The van der Waals surface area contributed by atoms with Crippen molar-refractivity contribution in [1.29, 1.82) is 0 Å². The molecular weight excluding hydrogens is 576 g/mol. The Balaban J connectivity index is 1.78. The first-order chi connectivity index (χ1) is 17.0. The number of aliphatic hydroxyl groups is 1. The van der Waals surface area contributed by atoms with Crippen LogP contribution in [0.25, 0.3) is 0 Å². The maximum Gasteiger partial charge on any atom is 0.252 e. The van der Waals surface area contributed by atoms with E-state index in [9.17, 15) is 4.79 Å². The summed E-state index contributed by atoms with van der Waals surface area (Å²) in [6.07, 6.45) is 0.251. The van der Waals surface area contributed by atoms with Gasteiger partial charge in [0, 0.05) is 46.6 Å². The van der Waals surface area contributed by atoms with E-state index in [1.54, 1.807) is 7.05 Å². The quantitative estimate of drug-likeness (QED) is 0.330. The molecule has 35 heavy (non-hydrogen) atoms. The number of aliphatic hydroxyl groups excluding tert-OH is 1. The number of carbonyl (C=O) groups is 1. The molecule has 0 aliphatic carbocycles. The minimum absolute atomic E-state index is 0.0816. The van der Waals surface area contributed by atoms with Gasteiger partial charge in [-0.1, -0.05) is 68.3 Å². The van der Waals surface area contributed by atoms with Gasteiger partial charge in [-0.05, 0) is 42.0 Å². The van der Waals surface area contributed by atoms with Crippen LogP contribution in [0.1, 0.15) is 29.2 Å². The Morgan fingerprint density at radius 3 is 2.40 bits per heavy atom. The van der Waals surface area contributed by atoms with Crippen LogP contribution in [-0.4, -0.2) is 42.7 Å². The lowest BCUT2D eigenvalue weighted by atomic mass is 9.82. The van der Waals surface area contributed by atoms with E-state index in [1.807, 2.05) is 72.8 Å². The van der Waals surface area contributed by atoms with Crippen LogP contribution in [-0.2, 0) is 16.0 Å². The third-order valence-corrected chi connectivity index (χ3v) is 7.36. The SMILES string of the molecule is CNC(=O)[C@]1(Cc2ccccc2Br)N=C(c2ccc(OCCCO)cc2)O[C@@H]1c1ccccc1Br. The molecule has 182 valence electrons. The summed E-state index contributed by atoms with van der Waals surface area (Å²) in [6, 6.07) is 22.9. The second-order valence-electron chi connectivity index (χ2n) is 8.16. The molecule has 1 heterocycles. The Labute approximate surface area is 221 Å². The molecule has 4 rings (SSSR count).